The largest absolute Gasteiger partial charge is 0.508 e. The summed E-state index contributed by atoms with van der Waals surface area (Å²) in [5.74, 6) is 0.974. The standard InChI is InChI=1S/C20H22O4/c1-12(2)3-7-16-17(22)9-4-13-5-10-19(24-20(13)16)15-8-6-14(21)11-18(15)23/h3-4,6,8-9,11,19,21-23H,5,7,10H2,1-2H3/t19-/m0/s1. The third-order valence-electron chi connectivity index (χ3n) is 4.33. The van der Waals surface area contributed by atoms with Crippen LogP contribution in [0.15, 0.2) is 42.0 Å². The van der Waals surface area contributed by atoms with E-state index in [9.17, 15) is 15.3 Å². The first kappa shape index (κ1) is 16.2. The van der Waals surface area contributed by atoms with Gasteiger partial charge in [0.2, 0.25) is 0 Å². The molecular formula is C20H22O4. The van der Waals surface area contributed by atoms with E-state index in [-0.39, 0.29) is 23.4 Å². The molecule has 3 N–H and O–H groups in total. The first-order valence-corrected chi connectivity index (χ1v) is 8.11. The third-order valence-corrected chi connectivity index (χ3v) is 4.33. The smallest absolute Gasteiger partial charge is 0.130 e. The molecule has 1 aliphatic heterocycles. The van der Waals surface area contributed by atoms with Crippen LogP contribution in [0, 0.1) is 0 Å². The van der Waals surface area contributed by atoms with E-state index < -0.39 is 0 Å². The molecule has 4 heteroatoms. The van der Waals surface area contributed by atoms with Crippen molar-refractivity contribution in [1.29, 1.82) is 0 Å². The second-order valence-electron chi connectivity index (χ2n) is 6.43. The summed E-state index contributed by atoms with van der Waals surface area (Å²) in [5, 5.41) is 29.8. The van der Waals surface area contributed by atoms with Gasteiger partial charge in [-0.05, 0) is 56.9 Å². The van der Waals surface area contributed by atoms with Crippen molar-refractivity contribution in [2.24, 2.45) is 0 Å². The van der Waals surface area contributed by atoms with E-state index in [2.05, 4.69) is 6.08 Å². The number of ether oxygens (including phenoxy) is 1. The van der Waals surface area contributed by atoms with Crippen molar-refractivity contribution in [3.05, 3.63) is 58.7 Å². The molecule has 1 atom stereocenters. The summed E-state index contributed by atoms with van der Waals surface area (Å²) in [6, 6.07) is 8.15. The van der Waals surface area contributed by atoms with Crippen LogP contribution in [-0.4, -0.2) is 15.3 Å². The van der Waals surface area contributed by atoms with Crippen molar-refractivity contribution in [2.45, 2.75) is 39.2 Å². The molecule has 0 aromatic heterocycles. The molecule has 4 nitrogen and oxygen atoms in total. The van der Waals surface area contributed by atoms with E-state index in [0.29, 0.717) is 17.7 Å². The molecule has 24 heavy (non-hydrogen) atoms. The minimum Gasteiger partial charge on any atom is -0.508 e. The van der Waals surface area contributed by atoms with Crippen molar-refractivity contribution >= 4 is 0 Å². The van der Waals surface area contributed by atoms with Crippen molar-refractivity contribution in [2.75, 3.05) is 0 Å². The molecule has 0 unspecified atom stereocenters. The Morgan fingerprint density at radius 2 is 1.92 bits per heavy atom. The molecule has 0 spiro atoms. The Morgan fingerprint density at radius 1 is 1.12 bits per heavy atom. The Kier molecular flexibility index (Phi) is 4.38. The van der Waals surface area contributed by atoms with Crippen molar-refractivity contribution in [3.63, 3.8) is 0 Å². The molecule has 126 valence electrons. The average Bonchev–Trinajstić information content (AvgIpc) is 2.53. The van der Waals surface area contributed by atoms with Gasteiger partial charge < -0.3 is 20.1 Å². The maximum Gasteiger partial charge on any atom is 0.130 e. The Labute approximate surface area is 141 Å². The maximum atomic E-state index is 10.2. The number of fused-ring (bicyclic) bond motifs is 1. The Balaban J connectivity index is 1.96. The lowest BCUT2D eigenvalue weighted by Gasteiger charge is -2.29. The van der Waals surface area contributed by atoms with E-state index in [4.69, 9.17) is 4.74 Å². The van der Waals surface area contributed by atoms with E-state index in [1.54, 1.807) is 18.2 Å². The predicted molar refractivity (Wildman–Crippen MR) is 92.7 cm³/mol. The van der Waals surface area contributed by atoms with Gasteiger partial charge in [0.25, 0.3) is 0 Å². The lowest BCUT2D eigenvalue weighted by molar-refractivity contribution is 0.170. The summed E-state index contributed by atoms with van der Waals surface area (Å²) in [6.45, 7) is 4.04. The van der Waals surface area contributed by atoms with Crippen LogP contribution in [0.5, 0.6) is 23.0 Å². The normalized spacial score (nSPS) is 16.2. The van der Waals surface area contributed by atoms with Crippen LogP contribution in [0.3, 0.4) is 0 Å². The van der Waals surface area contributed by atoms with Gasteiger partial charge in [-0.3, -0.25) is 0 Å². The third kappa shape index (κ3) is 3.18. The van der Waals surface area contributed by atoms with Gasteiger partial charge in [0.05, 0.1) is 0 Å². The van der Waals surface area contributed by atoms with Gasteiger partial charge in [-0.25, -0.2) is 0 Å². The summed E-state index contributed by atoms with van der Waals surface area (Å²) in [7, 11) is 0. The van der Waals surface area contributed by atoms with Crippen LogP contribution in [0.25, 0.3) is 0 Å². The Morgan fingerprint density at radius 3 is 2.62 bits per heavy atom. The monoisotopic (exact) mass is 326 g/mol. The number of benzene rings is 2. The van der Waals surface area contributed by atoms with Crippen LogP contribution >= 0.6 is 0 Å². The van der Waals surface area contributed by atoms with Gasteiger partial charge in [-0.2, -0.15) is 0 Å². The molecule has 2 aromatic rings. The number of phenolic OH excluding ortho intramolecular Hbond substituents is 3. The molecule has 2 aromatic carbocycles. The minimum atomic E-state index is -0.301. The summed E-state index contributed by atoms with van der Waals surface area (Å²) in [4.78, 5) is 0. The fraction of sp³-hybridized carbons (Fsp3) is 0.300. The summed E-state index contributed by atoms with van der Waals surface area (Å²) < 4.78 is 6.15. The van der Waals surface area contributed by atoms with Gasteiger partial charge in [-0.15, -0.1) is 0 Å². The number of rotatable bonds is 3. The molecule has 0 radical (unpaired) electrons. The van der Waals surface area contributed by atoms with E-state index in [1.807, 2.05) is 19.9 Å². The minimum absolute atomic E-state index is 0.0225. The van der Waals surface area contributed by atoms with Crippen molar-refractivity contribution < 1.29 is 20.1 Å². The second-order valence-corrected chi connectivity index (χ2v) is 6.43. The molecule has 1 aliphatic rings. The molecule has 0 fully saturated rings. The van der Waals surface area contributed by atoms with E-state index in [1.165, 1.54) is 11.6 Å². The Hall–Kier alpha value is -2.62. The zero-order valence-corrected chi connectivity index (χ0v) is 13.9. The average molecular weight is 326 g/mol. The topological polar surface area (TPSA) is 69.9 Å². The maximum absolute atomic E-state index is 10.2. The molecular weight excluding hydrogens is 304 g/mol. The number of phenols is 3. The quantitative estimate of drug-likeness (QED) is 0.732. The lowest BCUT2D eigenvalue weighted by Crippen LogP contribution is -2.16. The van der Waals surface area contributed by atoms with Crippen LogP contribution < -0.4 is 4.74 Å². The molecule has 0 bridgehead atoms. The highest BCUT2D eigenvalue weighted by molar-refractivity contribution is 5.52. The molecule has 0 saturated carbocycles. The summed E-state index contributed by atoms with van der Waals surface area (Å²) >= 11 is 0. The van der Waals surface area contributed by atoms with Gasteiger partial charge in [0.15, 0.2) is 0 Å². The fourth-order valence-corrected chi connectivity index (χ4v) is 3.02. The zero-order valence-electron chi connectivity index (χ0n) is 13.9. The molecule has 0 amide bonds. The lowest BCUT2D eigenvalue weighted by atomic mass is 9.93. The van der Waals surface area contributed by atoms with Crippen LogP contribution in [-0.2, 0) is 12.8 Å². The highest BCUT2D eigenvalue weighted by atomic mass is 16.5. The first-order valence-electron chi connectivity index (χ1n) is 8.11. The summed E-state index contributed by atoms with van der Waals surface area (Å²) in [5.41, 5.74) is 3.67. The molecule has 1 heterocycles. The predicted octanol–water partition coefficient (Wildman–Crippen LogP) is 4.38. The van der Waals surface area contributed by atoms with Crippen LogP contribution in [0.2, 0.25) is 0 Å². The van der Waals surface area contributed by atoms with Gasteiger partial charge in [0.1, 0.15) is 29.1 Å². The van der Waals surface area contributed by atoms with Gasteiger partial charge in [-0.1, -0.05) is 17.7 Å². The second kappa shape index (κ2) is 6.48. The highest BCUT2D eigenvalue weighted by Crippen LogP contribution is 2.43. The van der Waals surface area contributed by atoms with Crippen molar-refractivity contribution in [1.82, 2.24) is 0 Å². The van der Waals surface area contributed by atoms with Crippen LogP contribution in [0.1, 0.15) is 43.1 Å². The molecule has 0 aliphatic carbocycles. The van der Waals surface area contributed by atoms with Crippen molar-refractivity contribution in [3.8, 4) is 23.0 Å². The first-order chi connectivity index (χ1) is 11.5. The number of hydrogen-bond donors (Lipinski definition) is 3. The van der Waals surface area contributed by atoms with Gasteiger partial charge in [0, 0.05) is 17.2 Å². The van der Waals surface area contributed by atoms with Crippen LogP contribution in [0.4, 0.5) is 0 Å². The summed E-state index contributed by atoms with van der Waals surface area (Å²) in [6.07, 6.45) is 3.90. The van der Waals surface area contributed by atoms with E-state index in [0.717, 1.165) is 24.0 Å². The number of aromatic hydroxyl groups is 3. The molecule has 3 rings (SSSR count). The van der Waals surface area contributed by atoms with Gasteiger partial charge >= 0.3 is 0 Å². The molecule has 0 saturated heterocycles. The number of aryl methyl sites for hydroxylation is 1. The number of hydrogen-bond acceptors (Lipinski definition) is 4. The Bertz CT molecular complexity index is 788. The highest BCUT2D eigenvalue weighted by Gasteiger charge is 2.26. The number of allylic oxidation sites excluding steroid dienone is 2. The van der Waals surface area contributed by atoms with E-state index >= 15 is 0 Å². The SMILES string of the molecule is CC(C)=CCc1c(O)ccc2c1O[C@H](c1ccc(O)cc1O)CC2. The zero-order chi connectivity index (χ0) is 17.3. The fourth-order valence-electron chi connectivity index (χ4n) is 3.02.